The summed E-state index contributed by atoms with van der Waals surface area (Å²) in [7, 11) is 0. The van der Waals surface area contributed by atoms with E-state index in [-0.39, 0.29) is 5.91 Å². The number of nitrogens with zero attached hydrogens (tertiary/aromatic N) is 2. The van der Waals surface area contributed by atoms with Crippen LogP contribution in [0.5, 0.6) is 0 Å². The average Bonchev–Trinajstić information content (AvgIpc) is 2.85. The Kier molecular flexibility index (Phi) is 3.57. The average molecular weight is 246 g/mol. The maximum atomic E-state index is 11.8. The second-order valence-corrected chi connectivity index (χ2v) is 3.92. The molecule has 0 saturated carbocycles. The number of aromatic nitrogens is 2. The minimum Gasteiger partial charge on any atom is -0.398 e. The number of hydrogen-bond donors (Lipinski definition) is 2. The van der Waals surface area contributed by atoms with Crippen LogP contribution in [0.2, 0.25) is 0 Å². The van der Waals surface area contributed by atoms with E-state index in [1.807, 2.05) is 13.0 Å². The van der Waals surface area contributed by atoms with Crippen molar-refractivity contribution < 1.29 is 9.32 Å². The molecule has 6 nitrogen and oxygen atoms in total. The third-order valence-electron chi connectivity index (χ3n) is 2.58. The second kappa shape index (κ2) is 5.31. The summed E-state index contributed by atoms with van der Waals surface area (Å²) < 4.78 is 4.60. The first-order valence-corrected chi connectivity index (χ1v) is 5.56. The number of nitrogens with two attached hydrogens (primary N) is 1. The van der Waals surface area contributed by atoms with Crippen LogP contribution in [0.25, 0.3) is 0 Å². The Hall–Kier alpha value is -2.37. The molecule has 0 aliphatic rings. The molecule has 1 aromatic carbocycles. The van der Waals surface area contributed by atoms with E-state index in [2.05, 4.69) is 20.0 Å². The van der Waals surface area contributed by atoms with E-state index in [4.69, 9.17) is 5.73 Å². The molecule has 0 unspecified atom stereocenters. The molecular weight excluding hydrogens is 232 g/mol. The third-order valence-corrected chi connectivity index (χ3v) is 2.58. The van der Waals surface area contributed by atoms with E-state index in [9.17, 15) is 4.79 Å². The lowest BCUT2D eigenvalue weighted by Crippen LogP contribution is -2.26. The Morgan fingerprint density at radius 1 is 1.50 bits per heavy atom. The number of nitrogens with one attached hydrogen (secondary N) is 1. The molecule has 0 aliphatic heterocycles. The Morgan fingerprint density at radius 3 is 3.00 bits per heavy atom. The second-order valence-electron chi connectivity index (χ2n) is 3.92. The number of nitrogen functional groups attached to an aromatic ring is 1. The first-order valence-electron chi connectivity index (χ1n) is 5.56. The molecule has 3 N–H and O–H groups in total. The van der Waals surface area contributed by atoms with E-state index >= 15 is 0 Å². The van der Waals surface area contributed by atoms with Crippen LogP contribution in [0.1, 0.15) is 21.7 Å². The molecule has 94 valence electrons. The molecule has 0 radical (unpaired) electrons. The number of rotatable bonds is 4. The van der Waals surface area contributed by atoms with Gasteiger partial charge in [-0.2, -0.15) is 4.98 Å². The number of aryl methyl sites for hydroxylation is 1. The predicted molar refractivity (Wildman–Crippen MR) is 65.9 cm³/mol. The van der Waals surface area contributed by atoms with Crippen LogP contribution in [-0.2, 0) is 6.42 Å². The molecule has 6 heteroatoms. The molecule has 0 spiro atoms. The van der Waals surface area contributed by atoms with Gasteiger partial charge in [-0.15, -0.1) is 0 Å². The smallest absolute Gasteiger partial charge is 0.251 e. The van der Waals surface area contributed by atoms with E-state index in [0.29, 0.717) is 30.0 Å². The van der Waals surface area contributed by atoms with Gasteiger partial charge in [-0.05, 0) is 24.6 Å². The van der Waals surface area contributed by atoms with Crippen molar-refractivity contribution >= 4 is 11.6 Å². The highest BCUT2D eigenvalue weighted by atomic mass is 16.5. The van der Waals surface area contributed by atoms with Crippen LogP contribution in [0, 0.1) is 6.92 Å². The fraction of sp³-hybridized carbons (Fsp3) is 0.250. The van der Waals surface area contributed by atoms with E-state index in [0.717, 1.165) is 5.56 Å². The van der Waals surface area contributed by atoms with Crippen molar-refractivity contribution in [2.75, 3.05) is 12.3 Å². The summed E-state index contributed by atoms with van der Waals surface area (Å²) in [5.41, 5.74) is 7.87. The molecule has 0 atom stereocenters. The zero-order valence-corrected chi connectivity index (χ0v) is 10.0. The molecule has 2 aromatic rings. The number of carbonyl (C=O) groups is 1. The number of hydrogen-bond acceptors (Lipinski definition) is 5. The predicted octanol–water partition coefficient (Wildman–Crippen LogP) is 0.933. The molecule has 0 fully saturated rings. The molecule has 0 saturated heterocycles. The van der Waals surface area contributed by atoms with Crippen molar-refractivity contribution in [3.8, 4) is 0 Å². The minimum absolute atomic E-state index is 0.162. The van der Waals surface area contributed by atoms with Crippen LogP contribution in [0.3, 0.4) is 0 Å². The summed E-state index contributed by atoms with van der Waals surface area (Å²) >= 11 is 0. The molecule has 18 heavy (non-hydrogen) atoms. The highest BCUT2D eigenvalue weighted by molar-refractivity contribution is 5.95. The van der Waals surface area contributed by atoms with Gasteiger partial charge in [0.25, 0.3) is 5.91 Å². The Balaban J connectivity index is 1.89. The van der Waals surface area contributed by atoms with Crippen LogP contribution in [0.15, 0.2) is 29.1 Å². The van der Waals surface area contributed by atoms with Gasteiger partial charge in [0.1, 0.15) is 0 Å². The van der Waals surface area contributed by atoms with Crippen molar-refractivity contribution in [1.29, 1.82) is 0 Å². The number of anilines is 1. The summed E-state index contributed by atoms with van der Waals surface area (Å²) in [4.78, 5) is 15.7. The molecule has 2 rings (SSSR count). The zero-order chi connectivity index (χ0) is 13.0. The fourth-order valence-corrected chi connectivity index (χ4v) is 1.47. The van der Waals surface area contributed by atoms with Gasteiger partial charge < -0.3 is 15.6 Å². The van der Waals surface area contributed by atoms with Crippen molar-refractivity contribution in [3.05, 3.63) is 41.5 Å². The fourth-order valence-electron chi connectivity index (χ4n) is 1.47. The zero-order valence-electron chi connectivity index (χ0n) is 10.0. The normalized spacial score (nSPS) is 10.3. The topological polar surface area (TPSA) is 94.0 Å². The van der Waals surface area contributed by atoms with Crippen molar-refractivity contribution in [2.45, 2.75) is 13.3 Å². The van der Waals surface area contributed by atoms with Gasteiger partial charge >= 0.3 is 0 Å². The molecule has 1 heterocycles. The maximum Gasteiger partial charge on any atom is 0.251 e. The largest absolute Gasteiger partial charge is 0.398 e. The van der Waals surface area contributed by atoms with Crippen LogP contribution >= 0.6 is 0 Å². The SMILES string of the molecule is Cc1ccc(C(=O)NCCc2ncon2)cc1N. The monoisotopic (exact) mass is 246 g/mol. The molecule has 0 bridgehead atoms. The highest BCUT2D eigenvalue weighted by Crippen LogP contribution is 2.12. The highest BCUT2D eigenvalue weighted by Gasteiger charge is 2.07. The van der Waals surface area contributed by atoms with E-state index in [1.54, 1.807) is 12.1 Å². The van der Waals surface area contributed by atoms with Crippen molar-refractivity contribution in [1.82, 2.24) is 15.5 Å². The van der Waals surface area contributed by atoms with Crippen molar-refractivity contribution in [2.24, 2.45) is 0 Å². The number of carbonyl (C=O) groups excluding carboxylic acids is 1. The maximum absolute atomic E-state index is 11.8. The number of benzene rings is 1. The molecule has 0 aliphatic carbocycles. The third kappa shape index (κ3) is 2.85. The van der Waals surface area contributed by atoms with E-state index in [1.165, 1.54) is 6.39 Å². The first-order chi connectivity index (χ1) is 8.66. The lowest BCUT2D eigenvalue weighted by molar-refractivity contribution is 0.0954. The quantitative estimate of drug-likeness (QED) is 0.783. The summed E-state index contributed by atoms with van der Waals surface area (Å²) in [5, 5.41) is 6.42. The summed E-state index contributed by atoms with van der Waals surface area (Å²) in [5.74, 6) is 0.406. The van der Waals surface area contributed by atoms with Gasteiger partial charge in [-0.1, -0.05) is 11.2 Å². The van der Waals surface area contributed by atoms with Crippen LogP contribution < -0.4 is 11.1 Å². The van der Waals surface area contributed by atoms with Gasteiger partial charge in [0.2, 0.25) is 6.39 Å². The molecule has 1 amide bonds. The van der Waals surface area contributed by atoms with Gasteiger partial charge in [-0.3, -0.25) is 4.79 Å². The van der Waals surface area contributed by atoms with Crippen LogP contribution in [-0.4, -0.2) is 22.6 Å². The Morgan fingerprint density at radius 2 is 2.33 bits per heavy atom. The Bertz CT molecular complexity index is 537. The van der Waals surface area contributed by atoms with Gasteiger partial charge in [0.15, 0.2) is 5.82 Å². The van der Waals surface area contributed by atoms with Gasteiger partial charge in [0.05, 0.1) is 0 Å². The van der Waals surface area contributed by atoms with Crippen molar-refractivity contribution in [3.63, 3.8) is 0 Å². The lowest BCUT2D eigenvalue weighted by Gasteiger charge is -2.06. The first kappa shape index (κ1) is 12.1. The summed E-state index contributed by atoms with van der Waals surface area (Å²) in [6, 6.07) is 5.23. The molecule has 1 aromatic heterocycles. The van der Waals surface area contributed by atoms with Gasteiger partial charge in [-0.25, -0.2) is 0 Å². The minimum atomic E-state index is -0.162. The molecular formula is C12H14N4O2. The standard InChI is InChI=1S/C12H14N4O2/c1-8-2-3-9(6-10(8)13)12(17)14-5-4-11-15-7-18-16-11/h2-3,6-7H,4-5,13H2,1H3,(H,14,17). The van der Waals surface area contributed by atoms with Crippen LogP contribution in [0.4, 0.5) is 5.69 Å². The van der Waals surface area contributed by atoms with Gasteiger partial charge in [0, 0.05) is 24.2 Å². The Labute approximate surface area is 104 Å². The summed E-state index contributed by atoms with van der Waals surface area (Å²) in [6.07, 6.45) is 1.79. The number of amides is 1. The lowest BCUT2D eigenvalue weighted by atomic mass is 10.1. The summed E-state index contributed by atoms with van der Waals surface area (Å²) in [6.45, 7) is 2.35. The van der Waals surface area contributed by atoms with E-state index < -0.39 is 0 Å².